The van der Waals surface area contributed by atoms with Gasteiger partial charge in [0, 0.05) is 0 Å². The standard InChI is InChI=1S/C24H26F3N3O3/c1-14(2)12-20(29)23(33)30(11-10-28)22(24(25,26)27)17-6-4-16(5-7-17)18-8-9-21(32)19(13-18)15(3)31/h4-9,13-14,20,22,32H,11-12,29H2,1-3H3/t20-,22-/m0/s1. The van der Waals surface area contributed by atoms with Gasteiger partial charge in [0.15, 0.2) is 11.8 Å². The number of halogens is 3. The molecule has 33 heavy (non-hydrogen) atoms. The normalized spacial score (nSPS) is 13.3. The van der Waals surface area contributed by atoms with Crippen LogP contribution in [-0.2, 0) is 4.79 Å². The zero-order valence-corrected chi connectivity index (χ0v) is 18.6. The maximum Gasteiger partial charge on any atom is 0.413 e. The largest absolute Gasteiger partial charge is 0.507 e. The first-order valence-electron chi connectivity index (χ1n) is 10.3. The van der Waals surface area contributed by atoms with Crippen molar-refractivity contribution in [2.75, 3.05) is 6.54 Å². The van der Waals surface area contributed by atoms with Crippen LogP contribution in [0.15, 0.2) is 42.5 Å². The van der Waals surface area contributed by atoms with Crippen molar-refractivity contribution >= 4 is 11.7 Å². The van der Waals surface area contributed by atoms with Crippen molar-refractivity contribution in [1.29, 1.82) is 5.26 Å². The van der Waals surface area contributed by atoms with E-state index in [1.54, 1.807) is 19.9 Å². The fraction of sp³-hybridized carbons (Fsp3) is 0.375. The van der Waals surface area contributed by atoms with Gasteiger partial charge in [-0.05, 0) is 48.1 Å². The molecule has 0 aromatic heterocycles. The average molecular weight is 461 g/mol. The van der Waals surface area contributed by atoms with Crippen molar-refractivity contribution in [3.63, 3.8) is 0 Å². The van der Waals surface area contributed by atoms with Crippen molar-refractivity contribution in [3.8, 4) is 22.9 Å². The van der Waals surface area contributed by atoms with Crippen molar-refractivity contribution in [1.82, 2.24) is 4.90 Å². The molecule has 0 spiro atoms. The van der Waals surface area contributed by atoms with Gasteiger partial charge in [-0.25, -0.2) is 0 Å². The Morgan fingerprint density at radius 2 is 1.70 bits per heavy atom. The molecule has 1 amide bonds. The highest BCUT2D eigenvalue weighted by Gasteiger charge is 2.47. The van der Waals surface area contributed by atoms with E-state index in [9.17, 15) is 27.9 Å². The number of benzene rings is 2. The molecule has 0 radical (unpaired) electrons. The Morgan fingerprint density at radius 3 is 2.18 bits per heavy atom. The fourth-order valence-corrected chi connectivity index (χ4v) is 3.60. The summed E-state index contributed by atoms with van der Waals surface area (Å²) in [6.45, 7) is 4.11. The molecular formula is C24H26F3N3O3. The summed E-state index contributed by atoms with van der Waals surface area (Å²) in [5.74, 6) is -1.50. The van der Waals surface area contributed by atoms with Crippen molar-refractivity contribution in [2.24, 2.45) is 11.7 Å². The summed E-state index contributed by atoms with van der Waals surface area (Å²) in [4.78, 5) is 24.9. The number of ketones is 1. The molecule has 2 aromatic rings. The van der Waals surface area contributed by atoms with Crippen LogP contribution in [-0.4, -0.2) is 40.5 Å². The molecule has 0 aliphatic carbocycles. The van der Waals surface area contributed by atoms with Gasteiger partial charge in [0.1, 0.15) is 12.3 Å². The molecule has 2 rings (SSSR count). The van der Waals surface area contributed by atoms with Gasteiger partial charge in [0.2, 0.25) is 5.91 Å². The van der Waals surface area contributed by atoms with Gasteiger partial charge in [0.05, 0.1) is 17.7 Å². The molecule has 3 N–H and O–H groups in total. The zero-order valence-electron chi connectivity index (χ0n) is 18.6. The summed E-state index contributed by atoms with van der Waals surface area (Å²) >= 11 is 0. The summed E-state index contributed by atoms with van der Waals surface area (Å²) in [5, 5.41) is 18.9. The number of amides is 1. The third-order valence-electron chi connectivity index (χ3n) is 5.12. The topological polar surface area (TPSA) is 107 Å². The number of phenols is 1. The Labute approximate surface area is 190 Å². The van der Waals surface area contributed by atoms with E-state index in [-0.39, 0.29) is 35.0 Å². The van der Waals surface area contributed by atoms with Crippen LogP contribution in [0, 0.1) is 17.2 Å². The first-order chi connectivity index (χ1) is 15.4. The van der Waals surface area contributed by atoms with Gasteiger partial charge in [0.25, 0.3) is 0 Å². The maximum atomic E-state index is 14.1. The van der Waals surface area contributed by atoms with E-state index in [1.807, 2.05) is 0 Å². The number of hydrogen-bond donors (Lipinski definition) is 2. The van der Waals surface area contributed by atoms with E-state index >= 15 is 0 Å². The van der Waals surface area contributed by atoms with Crippen LogP contribution < -0.4 is 5.73 Å². The van der Waals surface area contributed by atoms with Crippen molar-refractivity contribution in [2.45, 2.75) is 45.5 Å². The van der Waals surface area contributed by atoms with E-state index in [1.165, 1.54) is 49.4 Å². The number of rotatable bonds is 8. The van der Waals surface area contributed by atoms with Crippen LogP contribution in [0.1, 0.15) is 49.2 Å². The Morgan fingerprint density at radius 1 is 1.12 bits per heavy atom. The van der Waals surface area contributed by atoms with Gasteiger partial charge < -0.3 is 15.7 Å². The number of Topliss-reactive ketones (excluding diaryl/α,β-unsaturated/α-hetero) is 1. The van der Waals surface area contributed by atoms with E-state index in [0.29, 0.717) is 16.0 Å². The predicted molar refractivity (Wildman–Crippen MR) is 117 cm³/mol. The average Bonchev–Trinajstić information content (AvgIpc) is 2.72. The Hall–Kier alpha value is -3.38. The number of carbonyl (C=O) groups excluding carboxylic acids is 2. The van der Waals surface area contributed by atoms with Gasteiger partial charge in [-0.3, -0.25) is 9.59 Å². The van der Waals surface area contributed by atoms with Gasteiger partial charge in [-0.15, -0.1) is 0 Å². The molecule has 0 aliphatic heterocycles. The number of nitrogens with zero attached hydrogens (tertiary/aromatic N) is 2. The highest BCUT2D eigenvalue weighted by atomic mass is 19.4. The molecule has 9 heteroatoms. The molecule has 0 bridgehead atoms. The minimum absolute atomic E-state index is 0.0123. The maximum absolute atomic E-state index is 14.1. The molecule has 6 nitrogen and oxygen atoms in total. The number of nitrogens with two attached hydrogens (primary N) is 1. The van der Waals surface area contributed by atoms with Crippen LogP contribution in [0.5, 0.6) is 5.75 Å². The molecule has 0 unspecified atom stereocenters. The number of hydrogen-bond acceptors (Lipinski definition) is 5. The first kappa shape index (κ1) is 25.9. The second kappa shape index (κ2) is 10.5. The summed E-state index contributed by atoms with van der Waals surface area (Å²) in [6.07, 6.45) is -4.66. The lowest BCUT2D eigenvalue weighted by atomic mass is 9.96. The number of phenolic OH excluding ortho intramolecular Hbond substituents is 1. The summed E-state index contributed by atoms with van der Waals surface area (Å²) in [6, 6.07) is 7.74. The molecule has 0 saturated heterocycles. The van der Waals surface area contributed by atoms with Crippen LogP contribution >= 0.6 is 0 Å². The molecule has 0 saturated carbocycles. The fourth-order valence-electron chi connectivity index (χ4n) is 3.60. The summed E-state index contributed by atoms with van der Waals surface area (Å²) < 4.78 is 42.2. The second-order valence-electron chi connectivity index (χ2n) is 8.21. The highest BCUT2D eigenvalue weighted by molar-refractivity contribution is 5.98. The molecular weight excluding hydrogens is 435 g/mol. The minimum atomic E-state index is -4.84. The third kappa shape index (κ3) is 6.33. The number of carbonyl (C=O) groups is 2. The molecule has 176 valence electrons. The van der Waals surface area contributed by atoms with Crippen LogP contribution in [0.3, 0.4) is 0 Å². The highest BCUT2D eigenvalue weighted by Crippen LogP contribution is 2.39. The number of nitriles is 1. The van der Waals surface area contributed by atoms with Gasteiger partial charge in [-0.2, -0.15) is 18.4 Å². The zero-order chi connectivity index (χ0) is 24.9. The van der Waals surface area contributed by atoms with E-state index in [4.69, 9.17) is 11.0 Å². The van der Waals surface area contributed by atoms with Crippen LogP contribution in [0.4, 0.5) is 13.2 Å². The first-order valence-corrected chi connectivity index (χ1v) is 10.3. The minimum Gasteiger partial charge on any atom is -0.507 e. The lowest BCUT2D eigenvalue weighted by Crippen LogP contribution is -2.49. The number of aromatic hydroxyl groups is 1. The lowest BCUT2D eigenvalue weighted by molar-refractivity contribution is -0.191. The summed E-state index contributed by atoms with van der Waals surface area (Å²) in [7, 11) is 0. The predicted octanol–water partition coefficient (Wildman–Crippen LogP) is 4.59. The molecule has 2 atom stereocenters. The summed E-state index contributed by atoms with van der Waals surface area (Å²) in [5.41, 5.74) is 6.75. The van der Waals surface area contributed by atoms with Crippen LogP contribution in [0.2, 0.25) is 0 Å². The molecule has 0 fully saturated rings. The third-order valence-corrected chi connectivity index (χ3v) is 5.12. The molecule has 2 aromatic carbocycles. The molecule has 0 aliphatic rings. The smallest absolute Gasteiger partial charge is 0.413 e. The van der Waals surface area contributed by atoms with Gasteiger partial charge in [-0.1, -0.05) is 44.2 Å². The molecule has 0 heterocycles. The lowest BCUT2D eigenvalue weighted by Gasteiger charge is -2.33. The number of alkyl halides is 3. The second-order valence-corrected chi connectivity index (χ2v) is 8.21. The Bertz CT molecular complexity index is 1040. The Kier molecular flexibility index (Phi) is 8.23. The van der Waals surface area contributed by atoms with Crippen molar-refractivity contribution in [3.05, 3.63) is 53.6 Å². The quantitative estimate of drug-likeness (QED) is 0.442. The van der Waals surface area contributed by atoms with E-state index in [2.05, 4.69) is 0 Å². The van der Waals surface area contributed by atoms with E-state index in [0.717, 1.165) is 0 Å². The van der Waals surface area contributed by atoms with E-state index < -0.39 is 30.7 Å². The monoisotopic (exact) mass is 461 g/mol. The van der Waals surface area contributed by atoms with Crippen LogP contribution in [0.25, 0.3) is 11.1 Å². The van der Waals surface area contributed by atoms with Gasteiger partial charge >= 0.3 is 6.18 Å². The SMILES string of the molecule is CC(=O)c1cc(-c2ccc([C@H](N(CC#N)C(=O)[C@@H](N)CC(C)C)C(F)(F)F)cc2)ccc1O. The van der Waals surface area contributed by atoms with Crippen molar-refractivity contribution < 1.29 is 27.9 Å². The Balaban J connectivity index is 2.46.